The summed E-state index contributed by atoms with van der Waals surface area (Å²) in [6, 6.07) is 26.1. The minimum Gasteiger partial charge on any atom is -0.292 e. The maximum absolute atomic E-state index is 13.5. The van der Waals surface area contributed by atoms with Gasteiger partial charge in [0.2, 0.25) is 5.13 Å². The first-order chi connectivity index (χ1) is 16.2. The SMILES string of the molecule is CCCc1[nH]n(-c2nc3ccccc3s2)c(=O)c1C(C)=Nc1ccccc1-c1ccccc1. The molecule has 0 aliphatic heterocycles. The lowest BCUT2D eigenvalue weighted by Gasteiger charge is -2.07. The van der Waals surface area contributed by atoms with Crippen molar-refractivity contribution in [3.8, 4) is 16.3 Å². The van der Waals surface area contributed by atoms with Crippen LogP contribution in [0.4, 0.5) is 5.69 Å². The van der Waals surface area contributed by atoms with Crippen LogP contribution in [0.3, 0.4) is 0 Å². The van der Waals surface area contributed by atoms with E-state index in [1.165, 1.54) is 11.3 Å². The van der Waals surface area contributed by atoms with E-state index in [9.17, 15) is 4.79 Å². The van der Waals surface area contributed by atoms with Gasteiger partial charge in [0.05, 0.1) is 27.2 Å². The number of aromatic nitrogens is 3. The van der Waals surface area contributed by atoms with E-state index < -0.39 is 0 Å². The highest BCUT2D eigenvalue weighted by molar-refractivity contribution is 7.20. The normalized spacial score (nSPS) is 11.9. The lowest BCUT2D eigenvalue weighted by Crippen LogP contribution is -2.19. The van der Waals surface area contributed by atoms with Gasteiger partial charge in [0.1, 0.15) is 0 Å². The predicted molar refractivity (Wildman–Crippen MR) is 137 cm³/mol. The van der Waals surface area contributed by atoms with Crippen molar-refractivity contribution in [2.24, 2.45) is 4.99 Å². The number of hydrogen-bond acceptors (Lipinski definition) is 4. The molecule has 0 fully saturated rings. The Hall–Kier alpha value is -3.77. The molecule has 0 spiro atoms. The van der Waals surface area contributed by atoms with Crippen molar-refractivity contribution in [1.82, 2.24) is 14.8 Å². The molecule has 5 rings (SSSR count). The Morgan fingerprint density at radius 1 is 1.00 bits per heavy atom. The minimum absolute atomic E-state index is 0.115. The molecule has 2 heterocycles. The van der Waals surface area contributed by atoms with Gasteiger partial charge in [-0.2, -0.15) is 4.68 Å². The summed E-state index contributed by atoms with van der Waals surface area (Å²) in [6.45, 7) is 4.02. The molecular formula is C27H24N4OS. The van der Waals surface area contributed by atoms with Gasteiger partial charge in [-0.05, 0) is 37.1 Å². The quantitative estimate of drug-likeness (QED) is 0.298. The highest BCUT2D eigenvalue weighted by Gasteiger charge is 2.19. The van der Waals surface area contributed by atoms with Gasteiger partial charge in [-0.25, -0.2) is 4.98 Å². The van der Waals surface area contributed by atoms with Gasteiger partial charge >= 0.3 is 0 Å². The lowest BCUT2D eigenvalue weighted by molar-refractivity contribution is 0.790. The van der Waals surface area contributed by atoms with Gasteiger partial charge in [-0.1, -0.05) is 85.3 Å². The molecule has 5 nitrogen and oxygen atoms in total. The smallest absolute Gasteiger partial charge is 0.282 e. The first-order valence-electron chi connectivity index (χ1n) is 11.1. The van der Waals surface area contributed by atoms with E-state index in [1.54, 1.807) is 4.68 Å². The molecule has 2 aromatic heterocycles. The Morgan fingerprint density at radius 2 is 1.73 bits per heavy atom. The van der Waals surface area contributed by atoms with Crippen LogP contribution in [0.5, 0.6) is 0 Å². The molecule has 6 heteroatoms. The second kappa shape index (κ2) is 9.00. The zero-order valence-electron chi connectivity index (χ0n) is 18.6. The number of hydrogen-bond donors (Lipinski definition) is 1. The number of H-pyrrole nitrogens is 1. The molecule has 0 unspecified atom stereocenters. The van der Waals surface area contributed by atoms with Crippen molar-refractivity contribution < 1.29 is 0 Å². The van der Waals surface area contributed by atoms with Gasteiger partial charge < -0.3 is 0 Å². The van der Waals surface area contributed by atoms with Crippen molar-refractivity contribution in [1.29, 1.82) is 0 Å². The Kier molecular flexibility index (Phi) is 5.75. The number of aliphatic imine (C=N–C) groups is 1. The molecule has 0 amide bonds. The Morgan fingerprint density at radius 3 is 2.52 bits per heavy atom. The predicted octanol–water partition coefficient (Wildman–Crippen LogP) is 6.54. The van der Waals surface area contributed by atoms with E-state index in [1.807, 2.05) is 67.6 Å². The van der Waals surface area contributed by atoms with Crippen LogP contribution in [-0.2, 0) is 6.42 Å². The molecule has 0 radical (unpaired) electrons. The number of rotatable bonds is 6. The van der Waals surface area contributed by atoms with Crippen molar-refractivity contribution >= 4 is 33.0 Å². The summed E-state index contributed by atoms with van der Waals surface area (Å²) in [7, 11) is 0. The van der Waals surface area contributed by atoms with Gasteiger partial charge in [-0.15, -0.1) is 0 Å². The molecule has 33 heavy (non-hydrogen) atoms. The van der Waals surface area contributed by atoms with Crippen LogP contribution < -0.4 is 5.56 Å². The summed E-state index contributed by atoms with van der Waals surface area (Å²) >= 11 is 1.50. The Labute approximate surface area is 196 Å². The van der Waals surface area contributed by atoms with E-state index in [4.69, 9.17) is 4.99 Å². The standard InChI is InChI=1S/C27H24N4OS/c1-3-11-23-25(26(32)31(30-23)27-29-22-16-9-10-17-24(22)33-27)18(2)28-21-15-8-7-14-20(21)19-12-5-4-6-13-19/h4-10,12-17,30H,3,11H2,1-2H3. The number of nitrogens with zero attached hydrogens (tertiary/aromatic N) is 3. The number of aryl methyl sites for hydroxylation is 1. The Balaban J connectivity index is 1.62. The molecule has 0 aliphatic rings. The number of aromatic amines is 1. The monoisotopic (exact) mass is 452 g/mol. The maximum Gasteiger partial charge on any atom is 0.282 e. The number of thiazole rings is 1. The van der Waals surface area contributed by atoms with Gasteiger partial charge in [0, 0.05) is 11.3 Å². The van der Waals surface area contributed by atoms with Gasteiger partial charge in [0.25, 0.3) is 5.56 Å². The molecule has 3 aromatic carbocycles. The first kappa shape index (κ1) is 21.1. The summed E-state index contributed by atoms with van der Waals surface area (Å²) < 4.78 is 2.61. The van der Waals surface area contributed by atoms with Crippen LogP contribution in [0.2, 0.25) is 0 Å². The van der Waals surface area contributed by atoms with Crippen molar-refractivity contribution in [2.75, 3.05) is 0 Å². The fourth-order valence-electron chi connectivity index (χ4n) is 4.05. The second-order valence-corrected chi connectivity index (χ2v) is 8.91. The Bertz CT molecular complexity index is 1480. The van der Waals surface area contributed by atoms with Crippen molar-refractivity contribution in [3.63, 3.8) is 0 Å². The van der Waals surface area contributed by atoms with Crippen LogP contribution in [-0.4, -0.2) is 20.5 Å². The van der Waals surface area contributed by atoms with E-state index in [2.05, 4.69) is 35.2 Å². The van der Waals surface area contributed by atoms with Crippen molar-refractivity contribution in [2.45, 2.75) is 26.7 Å². The fourth-order valence-corrected chi connectivity index (χ4v) is 4.97. The zero-order valence-corrected chi connectivity index (χ0v) is 19.4. The average Bonchev–Trinajstić information content (AvgIpc) is 3.41. The van der Waals surface area contributed by atoms with Crippen LogP contribution in [0.25, 0.3) is 26.5 Å². The van der Waals surface area contributed by atoms with E-state index in [0.717, 1.165) is 45.6 Å². The van der Waals surface area contributed by atoms with Crippen LogP contribution in [0, 0.1) is 0 Å². The molecule has 0 bridgehead atoms. The third-order valence-electron chi connectivity index (χ3n) is 5.58. The van der Waals surface area contributed by atoms with Crippen LogP contribution in [0.15, 0.2) is 88.6 Å². The highest BCUT2D eigenvalue weighted by atomic mass is 32.1. The fraction of sp³-hybridized carbons (Fsp3) is 0.148. The zero-order chi connectivity index (χ0) is 22.8. The van der Waals surface area contributed by atoms with E-state index >= 15 is 0 Å². The summed E-state index contributed by atoms with van der Waals surface area (Å²) in [5, 5.41) is 3.95. The van der Waals surface area contributed by atoms with Crippen LogP contribution >= 0.6 is 11.3 Å². The van der Waals surface area contributed by atoms with E-state index in [0.29, 0.717) is 16.4 Å². The first-order valence-corrected chi connectivity index (χ1v) is 11.9. The third-order valence-corrected chi connectivity index (χ3v) is 6.60. The minimum atomic E-state index is -0.115. The summed E-state index contributed by atoms with van der Waals surface area (Å²) in [5.41, 5.74) is 5.96. The molecular weight excluding hydrogens is 428 g/mol. The molecule has 0 aliphatic carbocycles. The number of para-hydroxylation sites is 2. The largest absolute Gasteiger partial charge is 0.292 e. The van der Waals surface area contributed by atoms with Crippen LogP contribution in [0.1, 0.15) is 31.5 Å². The molecule has 5 aromatic rings. The highest BCUT2D eigenvalue weighted by Crippen LogP contribution is 2.30. The molecule has 0 saturated heterocycles. The summed E-state index contributed by atoms with van der Waals surface area (Å²) in [4.78, 5) is 23.1. The lowest BCUT2D eigenvalue weighted by atomic mass is 10.0. The average molecular weight is 453 g/mol. The summed E-state index contributed by atoms with van der Waals surface area (Å²) in [6.07, 6.45) is 1.68. The molecule has 164 valence electrons. The molecule has 1 N–H and O–H groups in total. The van der Waals surface area contributed by atoms with Crippen molar-refractivity contribution in [3.05, 3.63) is 100 Å². The third kappa shape index (κ3) is 4.05. The second-order valence-electron chi connectivity index (χ2n) is 7.90. The van der Waals surface area contributed by atoms with E-state index in [-0.39, 0.29) is 5.56 Å². The molecule has 0 atom stereocenters. The number of benzene rings is 3. The maximum atomic E-state index is 13.5. The van der Waals surface area contributed by atoms with Gasteiger partial charge in [0.15, 0.2) is 0 Å². The topological polar surface area (TPSA) is 63.0 Å². The molecule has 0 saturated carbocycles. The number of nitrogens with one attached hydrogen (secondary N) is 1. The summed E-state index contributed by atoms with van der Waals surface area (Å²) in [5.74, 6) is 0. The van der Waals surface area contributed by atoms with Gasteiger partial charge in [-0.3, -0.25) is 14.9 Å². The number of fused-ring (bicyclic) bond motifs is 1.